The van der Waals surface area contributed by atoms with Crippen LogP contribution < -0.4 is 5.32 Å². The molecule has 21 heavy (non-hydrogen) atoms. The largest absolute Gasteiger partial charge is 0.378 e. The lowest BCUT2D eigenvalue weighted by Crippen LogP contribution is -2.33. The van der Waals surface area contributed by atoms with E-state index < -0.39 is 0 Å². The second kappa shape index (κ2) is 7.49. The van der Waals surface area contributed by atoms with Gasteiger partial charge in [-0.25, -0.2) is 0 Å². The molecule has 1 N–H and O–H groups in total. The maximum atomic E-state index is 11.7. The highest BCUT2D eigenvalue weighted by Gasteiger charge is 2.28. The normalized spacial score (nSPS) is 14.6. The summed E-state index contributed by atoms with van der Waals surface area (Å²) >= 11 is 0. The van der Waals surface area contributed by atoms with E-state index in [0.717, 1.165) is 0 Å². The molecule has 1 aliphatic rings. The molecule has 0 unspecified atom stereocenters. The second-order valence-corrected chi connectivity index (χ2v) is 4.55. The Morgan fingerprint density at radius 2 is 2.05 bits per heavy atom. The molecule has 1 aliphatic heterocycles. The van der Waals surface area contributed by atoms with Crippen molar-refractivity contribution in [2.45, 2.75) is 12.8 Å². The Morgan fingerprint density at radius 1 is 1.29 bits per heavy atom. The molecule has 0 bridgehead atoms. The molecule has 2 rings (SSSR count). The van der Waals surface area contributed by atoms with Crippen molar-refractivity contribution in [1.29, 1.82) is 0 Å². The maximum absolute atomic E-state index is 11.7. The number of carbonyl (C=O) groups excluding carboxylic acids is 3. The Hall–Kier alpha value is -2.28. The number of nitrogens with zero attached hydrogens (tertiary/aromatic N) is 2. The summed E-state index contributed by atoms with van der Waals surface area (Å²) in [5.41, 5.74) is 0.491. The smallest absolute Gasteiger partial charge is 0.252 e. The van der Waals surface area contributed by atoms with Gasteiger partial charge in [-0.15, -0.1) is 0 Å². The molecule has 1 fully saturated rings. The van der Waals surface area contributed by atoms with Crippen LogP contribution in [0.4, 0.5) is 0 Å². The van der Waals surface area contributed by atoms with Crippen LogP contribution in [0.2, 0.25) is 0 Å². The third kappa shape index (κ3) is 4.35. The van der Waals surface area contributed by atoms with Gasteiger partial charge in [0.15, 0.2) is 0 Å². The third-order valence-electron chi connectivity index (χ3n) is 3.07. The zero-order chi connectivity index (χ0) is 15.1. The van der Waals surface area contributed by atoms with Crippen LogP contribution in [0.1, 0.15) is 23.2 Å². The lowest BCUT2D eigenvalue weighted by atomic mass is 10.3. The summed E-state index contributed by atoms with van der Waals surface area (Å²) in [6.45, 7) is 1.23. The van der Waals surface area contributed by atoms with E-state index in [9.17, 15) is 14.4 Å². The van der Waals surface area contributed by atoms with Crippen LogP contribution in [0.3, 0.4) is 0 Å². The van der Waals surface area contributed by atoms with Crippen LogP contribution in [-0.2, 0) is 14.3 Å². The van der Waals surface area contributed by atoms with E-state index in [1.165, 1.54) is 11.1 Å². The highest BCUT2D eigenvalue weighted by atomic mass is 16.5. The van der Waals surface area contributed by atoms with Crippen molar-refractivity contribution in [1.82, 2.24) is 15.2 Å². The van der Waals surface area contributed by atoms with Gasteiger partial charge in [-0.1, -0.05) is 0 Å². The van der Waals surface area contributed by atoms with Crippen molar-refractivity contribution in [2.75, 3.05) is 26.3 Å². The molecule has 0 radical (unpaired) electrons. The SMILES string of the molecule is O=C(NCCOCCN1C(=O)CCC1=O)c1cccnc1. The minimum Gasteiger partial charge on any atom is -0.378 e. The Kier molecular flexibility index (Phi) is 5.39. The predicted octanol–water partition coefficient (Wildman–Crippen LogP) is -0.0230. The number of hydrogen-bond donors (Lipinski definition) is 1. The average molecular weight is 291 g/mol. The third-order valence-corrected chi connectivity index (χ3v) is 3.07. The monoisotopic (exact) mass is 291 g/mol. The minimum atomic E-state index is -0.211. The van der Waals surface area contributed by atoms with E-state index in [2.05, 4.69) is 10.3 Å². The number of likely N-dealkylation sites (tertiary alicyclic amines) is 1. The lowest BCUT2D eigenvalue weighted by Gasteiger charge is -2.13. The molecule has 1 aromatic rings. The van der Waals surface area contributed by atoms with Gasteiger partial charge < -0.3 is 10.1 Å². The van der Waals surface area contributed by atoms with Gasteiger partial charge in [0.1, 0.15) is 0 Å². The molecule has 7 heteroatoms. The first-order valence-electron chi connectivity index (χ1n) is 6.77. The number of carbonyl (C=O) groups is 3. The number of amides is 3. The van der Waals surface area contributed by atoms with Crippen molar-refractivity contribution in [3.05, 3.63) is 30.1 Å². The molecule has 0 saturated carbocycles. The molecule has 1 saturated heterocycles. The van der Waals surface area contributed by atoms with Gasteiger partial charge in [0.05, 0.1) is 25.3 Å². The Labute approximate surface area is 122 Å². The first-order chi connectivity index (χ1) is 10.2. The molecule has 7 nitrogen and oxygen atoms in total. The Bertz CT molecular complexity index is 502. The van der Waals surface area contributed by atoms with Crippen LogP contribution in [-0.4, -0.2) is 53.9 Å². The van der Waals surface area contributed by atoms with E-state index in [1.54, 1.807) is 18.3 Å². The standard InChI is InChI=1S/C14H17N3O4/c18-12-3-4-13(19)17(12)7-9-21-8-6-16-14(20)11-2-1-5-15-10-11/h1-2,5,10H,3-4,6-9H2,(H,16,20). The van der Waals surface area contributed by atoms with Gasteiger partial charge in [0, 0.05) is 31.8 Å². The summed E-state index contributed by atoms with van der Waals surface area (Å²) in [7, 11) is 0. The number of pyridine rings is 1. The summed E-state index contributed by atoms with van der Waals surface area (Å²) in [6, 6.07) is 3.36. The number of hydrogen-bond acceptors (Lipinski definition) is 5. The van der Waals surface area contributed by atoms with E-state index in [4.69, 9.17) is 4.74 Å². The topological polar surface area (TPSA) is 88.6 Å². The summed E-state index contributed by atoms with van der Waals surface area (Å²) < 4.78 is 5.30. The van der Waals surface area contributed by atoms with E-state index >= 15 is 0 Å². The van der Waals surface area contributed by atoms with Crippen LogP contribution >= 0.6 is 0 Å². The number of aromatic nitrogens is 1. The van der Waals surface area contributed by atoms with Gasteiger partial charge in [-0.3, -0.25) is 24.3 Å². The highest BCUT2D eigenvalue weighted by molar-refractivity contribution is 6.01. The summed E-state index contributed by atoms with van der Waals surface area (Å²) in [6.07, 6.45) is 3.67. The highest BCUT2D eigenvalue weighted by Crippen LogP contribution is 2.10. The fraction of sp³-hybridized carbons (Fsp3) is 0.429. The van der Waals surface area contributed by atoms with Crippen molar-refractivity contribution < 1.29 is 19.1 Å². The predicted molar refractivity (Wildman–Crippen MR) is 73.3 cm³/mol. The lowest BCUT2D eigenvalue weighted by molar-refractivity contribution is -0.139. The minimum absolute atomic E-state index is 0.145. The van der Waals surface area contributed by atoms with E-state index in [1.807, 2.05) is 0 Å². The molecular weight excluding hydrogens is 274 g/mol. The van der Waals surface area contributed by atoms with Crippen molar-refractivity contribution >= 4 is 17.7 Å². The second-order valence-electron chi connectivity index (χ2n) is 4.55. The van der Waals surface area contributed by atoms with Crippen molar-refractivity contribution in [2.24, 2.45) is 0 Å². The molecule has 0 spiro atoms. The number of imide groups is 1. The van der Waals surface area contributed by atoms with Crippen LogP contribution in [0.5, 0.6) is 0 Å². The fourth-order valence-corrected chi connectivity index (χ4v) is 1.97. The summed E-state index contributed by atoms with van der Waals surface area (Å²) in [5.74, 6) is -0.501. The van der Waals surface area contributed by atoms with Gasteiger partial charge in [-0.2, -0.15) is 0 Å². The molecule has 112 valence electrons. The van der Waals surface area contributed by atoms with E-state index in [-0.39, 0.29) is 30.9 Å². The molecular formula is C14H17N3O4. The first kappa shape index (κ1) is 15.1. The first-order valence-corrected chi connectivity index (χ1v) is 6.77. The molecule has 0 atom stereocenters. The van der Waals surface area contributed by atoms with Crippen molar-refractivity contribution in [3.63, 3.8) is 0 Å². The summed E-state index contributed by atoms with van der Waals surface area (Å²) in [5, 5.41) is 2.69. The fourth-order valence-electron chi connectivity index (χ4n) is 1.97. The van der Waals surface area contributed by atoms with Crippen LogP contribution in [0, 0.1) is 0 Å². The quantitative estimate of drug-likeness (QED) is 0.563. The average Bonchev–Trinajstić information content (AvgIpc) is 2.82. The maximum Gasteiger partial charge on any atom is 0.252 e. The van der Waals surface area contributed by atoms with Gasteiger partial charge in [-0.05, 0) is 12.1 Å². The summed E-state index contributed by atoms with van der Waals surface area (Å²) in [4.78, 5) is 39.4. The van der Waals surface area contributed by atoms with Crippen LogP contribution in [0.25, 0.3) is 0 Å². The van der Waals surface area contributed by atoms with Gasteiger partial charge in [0.2, 0.25) is 11.8 Å². The van der Waals surface area contributed by atoms with Crippen LogP contribution in [0.15, 0.2) is 24.5 Å². The molecule has 0 aliphatic carbocycles. The van der Waals surface area contributed by atoms with E-state index in [0.29, 0.717) is 31.6 Å². The van der Waals surface area contributed by atoms with Gasteiger partial charge >= 0.3 is 0 Å². The molecule has 0 aromatic carbocycles. The zero-order valence-corrected chi connectivity index (χ0v) is 11.6. The molecule has 3 amide bonds. The Balaban J connectivity index is 1.57. The molecule has 2 heterocycles. The number of ether oxygens (including phenoxy) is 1. The number of nitrogens with one attached hydrogen (secondary N) is 1. The number of rotatable bonds is 7. The van der Waals surface area contributed by atoms with Crippen molar-refractivity contribution in [3.8, 4) is 0 Å². The Morgan fingerprint density at radius 3 is 2.71 bits per heavy atom. The zero-order valence-electron chi connectivity index (χ0n) is 11.6. The molecule has 1 aromatic heterocycles. The van der Waals surface area contributed by atoms with Gasteiger partial charge in [0.25, 0.3) is 5.91 Å².